The monoisotopic (exact) mass is 271 g/mol. The quantitative estimate of drug-likeness (QED) is 0.868. The fraction of sp³-hybridized carbons (Fsp3) is 0.611. The first kappa shape index (κ1) is 15.1. The Morgan fingerprint density at radius 1 is 1.40 bits per heavy atom. The van der Waals surface area contributed by atoms with Crippen LogP contribution in [0.5, 0.6) is 0 Å². The molecule has 1 unspecified atom stereocenters. The molecule has 1 fully saturated rings. The minimum absolute atomic E-state index is 0.166. The van der Waals surface area contributed by atoms with Gasteiger partial charge >= 0.3 is 0 Å². The highest BCUT2D eigenvalue weighted by atomic mass is 16.3. The Bertz CT molecular complexity index is 527. The van der Waals surface area contributed by atoms with E-state index in [-0.39, 0.29) is 11.3 Å². The van der Waals surface area contributed by atoms with Crippen LogP contribution in [0.15, 0.2) is 18.2 Å². The molecule has 20 heavy (non-hydrogen) atoms. The van der Waals surface area contributed by atoms with Gasteiger partial charge in [-0.25, -0.2) is 0 Å². The topological polar surface area (TPSA) is 44.0 Å². The zero-order valence-electron chi connectivity index (χ0n) is 13.0. The van der Waals surface area contributed by atoms with Crippen molar-refractivity contribution in [1.29, 1.82) is 5.26 Å². The predicted molar refractivity (Wildman–Crippen MR) is 81.1 cm³/mol. The number of nitrogens with zero attached hydrogens (tertiary/aromatic N) is 1. The van der Waals surface area contributed by atoms with Crippen LogP contribution in [0.25, 0.3) is 0 Å². The molecule has 0 amide bonds. The van der Waals surface area contributed by atoms with Gasteiger partial charge in [-0.3, -0.25) is 0 Å². The number of benzene rings is 1. The van der Waals surface area contributed by atoms with Crippen molar-refractivity contribution in [3.05, 3.63) is 34.9 Å². The smallest absolute Gasteiger partial charge is 0.0994 e. The largest absolute Gasteiger partial charge is 0.388 e. The summed E-state index contributed by atoms with van der Waals surface area (Å²) in [6.45, 7) is 8.73. The van der Waals surface area contributed by atoms with Gasteiger partial charge in [0.05, 0.1) is 17.7 Å². The maximum Gasteiger partial charge on any atom is 0.0994 e. The second-order valence-corrected chi connectivity index (χ2v) is 7.01. The van der Waals surface area contributed by atoms with Crippen LogP contribution in [-0.2, 0) is 0 Å². The van der Waals surface area contributed by atoms with Crippen molar-refractivity contribution in [3.63, 3.8) is 0 Å². The van der Waals surface area contributed by atoms with E-state index in [0.717, 1.165) is 11.1 Å². The lowest BCUT2D eigenvalue weighted by molar-refractivity contribution is -0.0293. The Kier molecular flexibility index (Phi) is 4.20. The molecular weight excluding hydrogens is 246 g/mol. The van der Waals surface area contributed by atoms with E-state index in [0.29, 0.717) is 11.5 Å². The normalized spacial score (nSPS) is 26.8. The first-order valence-electron chi connectivity index (χ1n) is 7.55. The summed E-state index contributed by atoms with van der Waals surface area (Å²) in [4.78, 5) is 0. The van der Waals surface area contributed by atoms with E-state index in [1.54, 1.807) is 0 Å². The lowest BCUT2D eigenvalue weighted by Crippen LogP contribution is -2.37. The molecule has 0 aromatic heterocycles. The minimum Gasteiger partial charge on any atom is -0.388 e. The molecule has 108 valence electrons. The second kappa shape index (κ2) is 5.58. The molecule has 0 spiro atoms. The van der Waals surface area contributed by atoms with E-state index in [2.05, 4.69) is 26.8 Å². The maximum absolute atomic E-state index is 10.9. The summed E-state index contributed by atoms with van der Waals surface area (Å²) in [7, 11) is 0. The molecule has 0 bridgehead atoms. The summed E-state index contributed by atoms with van der Waals surface area (Å²) in [6, 6.07) is 7.90. The predicted octanol–water partition coefficient (Wildman–Crippen LogP) is 4.36. The zero-order valence-corrected chi connectivity index (χ0v) is 13.0. The number of hydrogen-bond acceptors (Lipinski definition) is 2. The molecule has 3 atom stereocenters. The van der Waals surface area contributed by atoms with Crippen molar-refractivity contribution in [2.24, 2.45) is 17.3 Å². The molecule has 2 heteroatoms. The first-order valence-corrected chi connectivity index (χ1v) is 7.55. The molecule has 1 N–H and O–H groups in total. The third-order valence-electron chi connectivity index (χ3n) is 5.05. The van der Waals surface area contributed by atoms with E-state index < -0.39 is 6.10 Å². The third kappa shape index (κ3) is 2.74. The van der Waals surface area contributed by atoms with Crippen LogP contribution in [0.3, 0.4) is 0 Å². The van der Waals surface area contributed by atoms with Crippen LogP contribution in [0, 0.1) is 35.5 Å². The number of aryl methyl sites for hydroxylation is 1. The molecule has 1 aromatic carbocycles. The van der Waals surface area contributed by atoms with Crippen LogP contribution in [0.1, 0.15) is 62.8 Å². The fourth-order valence-electron chi connectivity index (χ4n) is 3.94. The van der Waals surface area contributed by atoms with E-state index in [1.165, 1.54) is 19.3 Å². The van der Waals surface area contributed by atoms with Crippen molar-refractivity contribution < 1.29 is 5.11 Å². The third-order valence-corrected chi connectivity index (χ3v) is 5.05. The molecule has 0 radical (unpaired) electrons. The SMILES string of the molecule is Cc1cc(C(O)[C@H]2[C@H](C)CCCC2(C)C)ccc1C#N. The van der Waals surface area contributed by atoms with E-state index in [4.69, 9.17) is 5.26 Å². The Hall–Kier alpha value is -1.33. The van der Waals surface area contributed by atoms with Gasteiger partial charge in [-0.1, -0.05) is 45.7 Å². The Morgan fingerprint density at radius 2 is 2.10 bits per heavy atom. The molecule has 1 aliphatic rings. The van der Waals surface area contributed by atoms with Crippen molar-refractivity contribution in [3.8, 4) is 6.07 Å². The molecule has 1 aromatic rings. The standard InChI is InChI=1S/C18H25NO/c1-12-6-5-9-18(3,4)16(12)17(20)14-7-8-15(11-19)13(2)10-14/h7-8,10,12,16-17,20H,5-6,9H2,1-4H3/t12-,16-,17?/m1/s1. The van der Waals surface area contributed by atoms with Gasteiger partial charge in [-0.2, -0.15) is 5.26 Å². The average molecular weight is 271 g/mol. The zero-order chi connectivity index (χ0) is 14.9. The van der Waals surface area contributed by atoms with Crippen LogP contribution >= 0.6 is 0 Å². The summed E-state index contributed by atoms with van der Waals surface area (Å²) in [5, 5.41) is 19.9. The fourth-order valence-corrected chi connectivity index (χ4v) is 3.94. The summed E-state index contributed by atoms with van der Waals surface area (Å²) in [6.07, 6.45) is 3.19. The van der Waals surface area contributed by atoms with Gasteiger partial charge in [0, 0.05) is 0 Å². The highest BCUT2D eigenvalue weighted by Crippen LogP contribution is 2.49. The molecule has 1 aliphatic carbocycles. The van der Waals surface area contributed by atoms with E-state index >= 15 is 0 Å². The van der Waals surface area contributed by atoms with Crippen molar-refractivity contribution >= 4 is 0 Å². The van der Waals surface area contributed by atoms with Gasteiger partial charge in [0.1, 0.15) is 0 Å². The summed E-state index contributed by atoms with van der Waals surface area (Å²) in [5.41, 5.74) is 2.76. The molecule has 0 heterocycles. The summed E-state index contributed by atoms with van der Waals surface area (Å²) < 4.78 is 0. The van der Waals surface area contributed by atoms with Crippen molar-refractivity contribution in [2.75, 3.05) is 0 Å². The second-order valence-electron chi connectivity index (χ2n) is 7.01. The first-order chi connectivity index (χ1) is 9.36. The van der Waals surface area contributed by atoms with Gasteiger partial charge < -0.3 is 5.11 Å². The average Bonchev–Trinajstić information content (AvgIpc) is 2.37. The van der Waals surface area contributed by atoms with Gasteiger partial charge in [-0.15, -0.1) is 0 Å². The highest BCUT2D eigenvalue weighted by Gasteiger charge is 2.41. The van der Waals surface area contributed by atoms with Crippen LogP contribution < -0.4 is 0 Å². The molecule has 0 saturated heterocycles. The van der Waals surface area contributed by atoms with Gasteiger partial charge in [0.15, 0.2) is 0 Å². The van der Waals surface area contributed by atoms with Crippen LogP contribution in [-0.4, -0.2) is 5.11 Å². The van der Waals surface area contributed by atoms with Crippen molar-refractivity contribution in [1.82, 2.24) is 0 Å². The van der Waals surface area contributed by atoms with Crippen LogP contribution in [0.4, 0.5) is 0 Å². The van der Waals surface area contributed by atoms with E-state index in [9.17, 15) is 5.11 Å². The van der Waals surface area contributed by atoms with Gasteiger partial charge in [-0.05, 0) is 47.8 Å². The lowest BCUT2D eigenvalue weighted by atomic mass is 9.61. The number of rotatable bonds is 2. The van der Waals surface area contributed by atoms with E-state index in [1.807, 2.05) is 25.1 Å². The molecule has 2 nitrogen and oxygen atoms in total. The Balaban J connectivity index is 2.32. The molecule has 0 aliphatic heterocycles. The molecular formula is C18H25NO. The number of aliphatic hydroxyl groups is 1. The highest BCUT2D eigenvalue weighted by molar-refractivity contribution is 5.40. The summed E-state index contributed by atoms with van der Waals surface area (Å²) in [5.74, 6) is 0.813. The molecule has 1 saturated carbocycles. The van der Waals surface area contributed by atoms with Gasteiger partial charge in [0.25, 0.3) is 0 Å². The number of nitriles is 1. The summed E-state index contributed by atoms with van der Waals surface area (Å²) >= 11 is 0. The maximum atomic E-state index is 10.9. The molecule has 2 rings (SSSR count). The van der Waals surface area contributed by atoms with Crippen molar-refractivity contribution in [2.45, 2.75) is 53.1 Å². The van der Waals surface area contributed by atoms with Crippen LogP contribution in [0.2, 0.25) is 0 Å². The van der Waals surface area contributed by atoms with Gasteiger partial charge in [0.2, 0.25) is 0 Å². The number of hydrogen-bond donors (Lipinski definition) is 1. The lowest BCUT2D eigenvalue weighted by Gasteiger charge is -2.45. The Labute approximate surface area is 122 Å². The number of aliphatic hydroxyl groups excluding tert-OH is 1. The Morgan fingerprint density at radius 3 is 2.65 bits per heavy atom. The minimum atomic E-state index is -0.438.